The molecule has 0 aromatic rings. The fourth-order valence-electron chi connectivity index (χ4n) is 1.33. The Morgan fingerprint density at radius 1 is 1.73 bits per heavy atom. The first kappa shape index (κ1) is 8.81. The topological polar surface area (TPSA) is 46.3 Å². The predicted octanol–water partition coefficient (Wildman–Crippen LogP) is 0.0324. The summed E-state index contributed by atoms with van der Waals surface area (Å²) in [6.07, 6.45) is 0.601. The molecule has 1 aliphatic rings. The van der Waals surface area contributed by atoms with Crippen LogP contribution in [0.3, 0.4) is 0 Å². The summed E-state index contributed by atoms with van der Waals surface area (Å²) in [4.78, 5) is 12.9. The number of rotatable bonds is 3. The average Bonchev–Trinajstić information content (AvgIpc) is 2.33. The lowest BCUT2D eigenvalue weighted by Crippen LogP contribution is -2.30. The van der Waals surface area contributed by atoms with E-state index in [-0.39, 0.29) is 5.91 Å². The first-order valence-corrected chi connectivity index (χ1v) is 4.35. The molecule has 11 heavy (non-hydrogen) atoms. The van der Waals surface area contributed by atoms with Crippen molar-refractivity contribution in [3.63, 3.8) is 0 Å². The Labute approximate surface area is 71.5 Å². The van der Waals surface area contributed by atoms with E-state index in [1.807, 2.05) is 0 Å². The van der Waals surface area contributed by atoms with E-state index in [9.17, 15) is 4.79 Å². The van der Waals surface area contributed by atoms with Gasteiger partial charge in [0.1, 0.15) is 0 Å². The van der Waals surface area contributed by atoms with Crippen LogP contribution in [0.1, 0.15) is 6.42 Å². The summed E-state index contributed by atoms with van der Waals surface area (Å²) >= 11 is 5.63. The maximum Gasteiger partial charge on any atom is 0.223 e. The Kier molecular flexibility index (Phi) is 3.15. The number of nitrogens with zero attached hydrogens (tertiary/aromatic N) is 1. The molecule has 0 saturated carbocycles. The van der Waals surface area contributed by atoms with Crippen LogP contribution in [0.4, 0.5) is 0 Å². The van der Waals surface area contributed by atoms with E-state index < -0.39 is 0 Å². The average molecular weight is 177 g/mol. The van der Waals surface area contributed by atoms with Crippen LogP contribution in [0.2, 0.25) is 0 Å². The van der Waals surface area contributed by atoms with E-state index in [4.69, 9.17) is 17.3 Å². The predicted molar refractivity (Wildman–Crippen MR) is 44.5 cm³/mol. The van der Waals surface area contributed by atoms with Crippen LogP contribution in [0.15, 0.2) is 0 Å². The fourth-order valence-corrected chi connectivity index (χ4v) is 1.54. The zero-order chi connectivity index (χ0) is 8.27. The molecular formula is C7H13ClN2O. The SMILES string of the molecule is NCCN1CC(CCl)CC1=O. The quantitative estimate of drug-likeness (QED) is 0.617. The van der Waals surface area contributed by atoms with Crippen LogP contribution in [0, 0.1) is 5.92 Å². The van der Waals surface area contributed by atoms with Crippen molar-refractivity contribution in [1.82, 2.24) is 4.90 Å². The molecule has 1 atom stereocenters. The van der Waals surface area contributed by atoms with Gasteiger partial charge in [0.25, 0.3) is 0 Å². The summed E-state index contributed by atoms with van der Waals surface area (Å²) in [5.41, 5.74) is 5.33. The van der Waals surface area contributed by atoms with Crippen molar-refractivity contribution in [3.05, 3.63) is 0 Å². The molecule has 0 aromatic heterocycles. The molecule has 2 N–H and O–H groups in total. The van der Waals surface area contributed by atoms with Gasteiger partial charge in [-0.1, -0.05) is 0 Å². The highest BCUT2D eigenvalue weighted by Crippen LogP contribution is 2.17. The van der Waals surface area contributed by atoms with Gasteiger partial charge in [-0.3, -0.25) is 4.79 Å². The van der Waals surface area contributed by atoms with E-state index >= 15 is 0 Å². The highest BCUT2D eigenvalue weighted by atomic mass is 35.5. The molecule has 64 valence electrons. The number of hydrogen-bond acceptors (Lipinski definition) is 2. The van der Waals surface area contributed by atoms with Gasteiger partial charge in [0.2, 0.25) is 5.91 Å². The van der Waals surface area contributed by atoms with Crippen LogP contribution in [0.5, 0.6) is 0 Å². The van der Waals surface area contributed by atoms with Crippen molar-refractivity contribution in [2.75, 3.05) is 25.5 Å². The Hall–Kier alpha value is -0.280. The minimum absolute atomic E-state index is 0.195. The van der Waals surface area contributed by atoms with E-state index in [1.54, 1.807) is 4.90 Å². The van der Waals surface area contributed by atoms with Crippen molar-refractivity contribution >= 4 is 17.5 Å². The maximum absolute atomic E-state index is 11.1. The lowest BCUT2D eigenvalue weighted by molar-refractivity contribution is -0.127. The molecule has 1 unspecified atom stereocenters. The number of carbonyl (C=O) groups is 1. The molecule has 0 aliphatic carbocycles. The number of nitrogens with two attached hydrogens (primary N) is 1. The van der Waals surface area contributed by atoms with Gasteiger partial charge in [-0.25, -0.2) is 0 Å². The first-order valence-electron chi connectivity index (χ1n) is 3.81. The zero-order valence-electron chi connectivity index (χ0n) is 6.42. The summed E-state index contributed by atoms with van der Waals surface area (Å²) < 4.78 is 0. The largest absolute Gasteiger partial charge is 0.341 e. The monoisotopic (exact) mass is 176 g/mol. The molecule has 1 aliphatic heterocycles. The van der Waals surface area contributed by atoms with Gasteiger partial charge in [-0.15, -0.1) is 11.6 Å². The van der Waals surface area contributed by atoms with Gasteiger partial charge in [0.15, 0.2) is 0 Å². The number of amides is 1. The third-order valence-corrected chi connectivity index (χ3v) is 2.35. The second kappa shape index (κ2) is 3.93. The van der Waals surface area contributed by atoms with Crippen LogP contribution in [0.25, 0.3) is 0 Å². The van der Waals surface area contributed by atoms with Gasteiger partial charge in [0.05, 0.1) is 0 Å². The van der Waals surface area contributed by atoms with Crippen LogP contribution >= 0.6 is 11.6 Å². The van der Waals surface area contributed by atoms with Gasteiger partial charge < -0.3 is 10.6 Å². The lowest BCUT2D eigenvalue weighted by atomic mass is 10.2. The Morgan fingerprint density at radius 3 is 2.91 bits per heavy atom. The van der Waals surface area contributed by atoms with Crippen LogP contribution < -0.4 is 5.73 Å². The highest BCUT2D eigenvalue weighted by molar-refractivity contribution is 6.18. The minimum atomic E-state index is 0.195. The van der Waals surface area contributed by atoms with Crippen molar-refractivity contribution in [3.8, 4) is 0 Å². The summed E-state index contributed by atoms with van der Waals surface area (Å²) in [6.45, 7) is 2.01. The van der Waals surface area contributed by atoms with Crippen molar-refractivity contribution < 1.29 is 4.79 Å². The van der Waals surface area contributed by atoms with Gasteiger partial charge in [-0.2, -0.15) is 0 Å². The smallest absolute Gasteiger partial charge is 0.223 e. The van der Waals surface area contributed by atoms with Crippen molar-refractivity contribution in [1.29, 1.82) is 0 Å². The molecular weight excluding hydrogens is 164 g/mol. The van der Waals surface area contributed by atoms with Crippen LogP contribution in [-0.2, 0) is 4.79 Å². The third kappa shape index (κ3) is 2.07. The number of carbonyl (C=O) groups excluding carboxylic acids is 1. The van der Waals surface area contributed by atoms with E-state index in [0.29, 0.717) is 31.3 Å². The molecule has 0 spiro atoms. The van der Waals surface area contributed by atoms with Crippen molar-refractivity contribution in [2.24, 2.45) is 11.7 Å². The number of halogens is 1. The standard InChI is InChI=1S/C7H13ClN2O/c8-4-6-3-7(11)10(5-6)2-1-9/h6H,1-5,9H2. The Balaban J connectivity index is 2.38. The molecule has 0 radical (unpaired) electrons. The number of likely N-dealkylation sites (tertiary alicyclic amines) is 1. The molecule has 1 rings (SSSR count). The number of hydrogen-bond donors (Lipinski definition) is 1. The molecule has 1 amide bonds. The summed E-state index contributed by atoms with van der Waals surface area (Å²) in [7, 11) is 0. The normalized spacial score (nSPS) is 24.7. The van der Waals surface area contributed by atoms with Gasteiger partial charge >= 0.3 is 0 Å². The Morgan fingerprint density at radius 2 is 2.45 bits per heavy atom. The summed E-state index contributed by atoms with van der Waals surface area (Å²) in [5.74, 6) is 1.11. The summed E-state index contributed by atoms with van der Waals surface area (Å²) in [5, 5.41) is 0. The number of alkyl halides is 1. The van der Waals surface area contributed by atoms with E-state index in [1.165, 1.54) is 0 Å². The maximum atomic E-state index is 11.1. The molecule has 0 bridgehead atoms. The first-order chi connectivity index (χ1) is 5.27. The van der Waals surface area contributed by atoms with Crippen molar-refractivity contribution in [2.45, 2.75) is 6.42 Å². The third-order valence-electron chi connectivity index (χ3n) is 1.91. The molecule has 3 nitrogen and oxygen atoms in total. The molecule has 1 heterocycles. The molecule has 4 heteroatoms. The highest BCUT2D eigenvalue weighted by Gasteiger charge is 2.27. The summed E-state index contributed by atoms with van der Waals surface area (Å²) in [6, 6.07) is 0. The van der Waals surface area contributed by atoms with E-state index in [0.717, 1.165) is 6.54 Å². The fraction of sp³-hybridized carbons (Fsp3) is 0.857. The van der Waals surface area contributed by atoms with Crippen LogP contribution in [-0.4, -0.2) is 36.3 Å². The molecule has 0 aromatic carbocycles. The molecule has 1 saturated heterocycles. The zero-order valence-corrected chi connectivity index (χ0v) is 7.18. The van der Waals surface area contributed by atoms with E-state index in [2.05, 4.69) is 0 Å². The Bertz CT molecular complexity index is 151. The molecule has 1 fully saturated rings. The second-order valence-electron chi connectivity index (χ2n) is 2.85. The van der Waals surface area contributed by atoms with Gasteiger partial charge in [-0.05, 0) is 5.92 Å². The minimum Gasteiger partial charge on any atom is -0.341 e. The lowest BCUT2D eigenvalue weighted by Gasteiger charge is -2.13. The second-order valence-corrected chi connectivity index (χ2v) is 3.16. The van der Waals surface area contributed by atoms with Gasteiger partial charge in [0, 0.05) is 31.9 Å².